The first kappa shape index (κ1) is 15.1. The molecule has 0 aliphatic carbocycles. The molecule has 0 aliphatic rings. The van der Waals surface area contributed by atoms with Crippen LogP contribution < -0.4 is 10.5 Å². The lowest BCUT2D eigenvalue weighted by atomic mass is 10.0. The second-order valence-corrected chi connectivity index (χ2v) is 5.82. The van der Waals surface area contributed by atoms with Gasteiger partial charge in [-0.2, -0.15) is 0 Å². The zero-order valence-electron chi connectivity index (χ0n) is 12.4. The quantitative estimate of drug-likeness (QED) is 0.374. The molecule has 2 aromatic carbocycles. The number of nitrogens with zero attached hydrogens (tertiary/aromatic N) is 1. The lowest BCUT2D eigenvalue weighted by molar-refractivity contribution is 1.24. The zero-order valence-corrected chi connectivity index (χ0v) is 13.2. The predicted octanol–water partition coefficient (Wildman–Crippen LogP) is 4.20. The molecule has 0 saturated heterocycles. The Kier molecular flexibility index (Phi) is 4.59. The van der Waals surface area contributed by atoms with Gasteiger partial charge in [-0.3, -0.25) is 10.4 Å². The van der Waals surface area contributed by atoms with E-state index in [1.54, 1.807) is 12.4 Å². The minimum absolute atomic E-state index is 0.415. The SMILES string of the molecule is N=C(c1ccccc1)c1cc(NSc2cccnc2)ccc1N. The predicted molar refractivity (Wildman–Crippen MR) is 96.9 cm³/mol. The van der Waals surface area contributed by atoms with E-state index in [1.807, 2.05) is 60.7 Å². The van der Waals surface area contributed by atoms with Gasteiger partial charge in [0.2, 0.25) is 0 Å². The van der Waals surface area contributed by atoms with Crippen molar-refractivity contribution < 1.29 is 0 Å². The Morgan fingerprint density at radius 1 is 1.04 bits per heavy atom. The van der Waals surface area contributed by atoms with E-state index >= 15 is 0 Å². The van der Waals surface area contributed by atoms with Crippen molar-refractivity contribution in [3.63, 3.8) is 0 Å². The summed E-state index contributed by atoms with van der Waals surface area (Å²) < 4.78 is 3.26. The van der Waals surface area contributed by atoms with Gasteiger partial charge in [-0.25, -0.2) is 0 Å². The van der Waals surface area contributed by atoms with E-state index < -0.39 is 0 Å². The molecule has 0 radical (unpaired) electrons. The number of benzene rings is 2. The molecule has 0 atom stereocenters. The van der Waals surface area contributed by atoms with Crippen molar-refractivity contribution in [1.82, 2.24) is 4.98 Å². The van der Waals surface area contributed by atoms with Crippen LogP contribution in [0.25, 0.3) is 0 Å². The Balaban J connectivity index is 1.80. The Morgan fingerprint density at radius 3 is 2.61 bits per heavy atom. The van der Waals surface area contributed by atoms with Gasteiger partial charge in [0.15, 0.2) is 0 Å². The van der Waals surface area contributed by atoms with Crippen molar-refractivity contribution in [3.05, 3.63) is 84.2 Å². The molecule has 23 heavy (non-hydrogen) atoms. The van der Waals surface area contributed by atoms with Gasteiger partial charge in [0.05, 0.1) is 5.71 Å². The average Bonchev–Trinajstić information content (AvgIpc) is 2.62. The summed E-state index contributed by atoms with van der Waals surface area (Å²) >= 11 is 1.47. The van der Waals surface area contributed by atoms with E-state index in [0.29, 0.717) is 17.0 Å². The first-order valence-electron chi connectivity index (χ1n) is 7.11. The van der Waals surface area contributed by atoms with Crippen LogP contribution in [0.1, 0.15) is 11.1 Å². The second-order valence-electron chi connectivity index (χ2n) is 4.94. The number of nitrogens with two attached hydrogens (primary N) is 1. The number of anilines is 2. The molecule has 0 bridgehead atoms. The fraction of sp³-hybridized carbons (Fsp3) is 0. The number of hydrogen-bond acceptors (Lipinski definition) is 5. The number of rotatable bonds is 5. The number of aromatic nitrogens is 1. The van der Waals surface area contributed by atoms with Crippen LogP contribution in [0.15, 0.2) is 78.0 Å². The maximum absolute atomic E-state index is 8.38. The summed E-state index contributed by atoms with van der Waals surface area (Å²) in [4.78, 5) is 5.10. The summed E-state index contributed by atoms with van der Waals surface area (Å²) in [5.74, 6) is 0. The van der Waals surface area contributed by atoms with Crippen molar-refractivity contribution >= 4 is 29.0 Å². The van der Waals surface area contributed by atoms with E-state index in [-0.39, 0.29) is 0 Å². The normalized spacial score (nSPS) is 10.3. The van der Waals surface area contributed by atoms with Gasteiger partial charge in [-0.05, 0) is 42.3 Å². The number of pyridine rings is 1. The average molecular weight is 320 g/mol. The summed E-state index contributed by atoms with van der Waals surface area (Å²) in [7, 11) is 0. The molecule has 1 heterocycles. The van der Waals surface area contributed by atoms with E-state index in [1.165, 1.54) is 11.9 Å². The van der Waals surface area contributed by atoms with Gasteiger partial charge in [0.1, 0.15) is 0 Å². The molecule has 5 heteroatoms. The number of hydrogen-bond donors (Lipinski definition) is 3. The molecular weight excluding hydrogens is 304 g/mol. The molecule has 0 spiro atoms. The first-order chi connectivity index (χ1) is 11.2. The molecular formula is C18H16N4S. The van der Waals surface area contributed by atoms with Crippen molar-refractivity contribution in [1.29, 1.82) is 5.41 Å². The van der Waals surface area contributed by atoms with Gasteiger partial charge in [-0.15, -0.1) is 0 Å². The molecule has 1 aromatic heterocycles. The topological polar surface area (TPSA) is 74.8 Å². The molecule has 0 saturated carbocycles. The van der Waals surface area contributed by atoms with Crippen molar-refractivity contribution in [3.8, 4) is 0 Å². The third-order valence-corrected chi connectivity index (χ3v) is 4.12. The molecule has 4 nitrogen and oxygen atoms in total. The van der Waals surface area contributed by atoms with E-state index in [2.05, 4.69) is 9.71 Å². The minimum atomic E-state index is 0.415. The van der Waals surface area contributed by atoms with Gasteiger partial charge in [0.25, 0.3) is 0 Å². The standard InChI is InChI=1S/C18H16N4S/c19-17-9-8-14(22-23-15-7-4-10-21-12-15)11-16(17)18(20)13-5-2-1-3-6-13/h1-12,20,22H,19H2. The van der Waals surface area contributed by atoms with Crippen molar-refractivity contribution in [2.75, 3.05) is 10.5 Å². The lowest BCUT2D eigenvalue weighted by Crippen LogP contribution is -2.06. The fourth-order valence-corrected chi connectivity index (χ4v) is 2.74. The molecule has 4 N–H and O–H groups in total. The van der Waals surface area contributed by atoms with Crippen LogP contribution in [-0.4, -0.2) is 10.7 Å². The second kappa shape index (κ2) is 6.98. The fourth-order valence-electron chi connectivity index (χ4n) is 2.12. The summed E-state index contributed by atoms with van der Waals surface area (Å²) in [5, 5.41) is 8.38. The molecule has 0 aliphatic heterocycles. The van der Waals surface area contributed by atoms with E-state index in [9.17, 15) is 0 Å². The van der Waals surface area contributed by atoms with E-state index in [0.717, 1.165) is 16.1 Å². The summed E-state index contributed by atoms with van der Waals surface area (Å²) in [6.07, 6.45) is 3.54. The van der Waals surface area contributed by atoms with Crippen LogP contribution in [-0.2, 0) is 0 Å². The minimum Gasteiger partial charge on any atom is -0.398 e. The maximum Gasteiger partial charge on any atom is 0.0705 e. The third kappa shape index (κ3) is 3.70. The third-order valence-electron chi connectivity index (χ3n) is 3.31. The van der Waals surface area contributed by atoms with Gasteiger partial charge < -0.3 is 10.5 Å². The highest BCUT2D eigenvalue weighted by Gasteiger charge is 2.09. The smallest absolute Gasteiger partial charge is 0.0705 e. The highest BCUT2D eigenvalue weighted by atomic mass is 32.2. The van der Waals surface area contributed by atoms with Crippen LogP contribution in [0.4, 0.5) is 11.4 Å². The molecule has 3 rings (SSSR count). The Labute approximate surface area is 139 Å². The zero-order chi connectivity index (χ0) is 16.1. The number of nitrogens with one attached hydrogen (secondary N) is 2. The van der Waals surface area contributed by atoms with Crippen molar-refractivity contribution in [2.24, 2.45) is 0 Å². The summed E-state index contributed by atoms with van der Waals surface area (Å²) in [5.41, 5.74) is 9.51. The Bertz CT molecular complexity index is 804. The Hall–Kier alpha value is -2.79. The first-order valence-corrected chi connectivity index (χ1v) is 7.92. The van der Waals surface area contributed by atoms with Crippen LogP contribution in [0, 0.1) is 5.41 Å². The summed E-state index contributed by atoms with van der Waals surface area (Å²) in [6, 6.07) is 19.1. The van der Waals surface area contributed by atoms with Gasteiger partial charge >= 0.3 is 0 Å². The monoisotopic (exact) mass is 320 g/mol. The Morgan fingerprint density at radius 2 is 1.87 bits per heavy atom. The van der Waals surface area contributed by atoms with Crippen LogP contribution in [0.5, 0.6) is 0 Å². The van der Waals surface area contributed by atoms with Crippen LogP contribution in [0.3, 0.4) is 0 Å². The molecule has 0 unspecified atom stereocenters. The molecule has 0 fully saturated rings. The maximum atomic E-state index is 8.38. The molecule has 0 amide bonds. The summed E-state index contributed by atoms with van der Waals surface area (Å²) in [6.45, 7) is 0. The van der Waals surface area contributed by atoms with Gasteiger partial charge in [-0.1, -0.05) is 30.3 Å². The van der Waals surface area contributed by atoms with Crippen molar-refractivity contribution in [2.45, 2.75) is 4.90 Å². The number of nitrogen functional groups attached to an aromatic ring is 1. The molecule has 3 aromatic rings. The molecule has 114 valence electrons. The van der Waals surface area contributed by atoms with Crippen LogP contribution in [0.2, 0.25) is 0 Å². The lowest BCUT2D eigenvalue weighted by Gasteiger charge is -2.11. The van der Waals surface area contributed by atoms with E-state index in [4.69, 9.17) is 11.1 Å². The highest BCUT2D eigenvalue weighted by Crippen LogP contribution is 2.25. The van der Waals surface area contributed by atoms with Gasteiger partial charge in [0, 0.05) is 39.8 Å². The highest BCUT2D eigenvalue weighted by molar-refractivity contribution is 8.00. The van der Waals surface area contributed by atoms with Crippen LogP contribution >= 0.6 is 11.9 Å². The largest absolute Gasteiger partial charge is 0.398 e.